The number of hydroxylamine groups is 1. The summed E-state index contributed by atoms with van der Waals surface area (Å²) < 4.78 is 39.8. The van der Waals surface area contributed by atoms with Crippen LogP contribution in [0.15, 0.2) is 54.6 Å². The van der Waals surface area contributed by atoms with Crippen LogP contribution in [0, 0.1) is 0 Å². The molecule has 3 nitrogen and oxygen atoms in total. The highest BCUT2D eigenvalue weighted by atomic mass is 19.4. The fourth-order valence-corrected chi connectivity index (χ4v) is 1.65. The van der Waals surface area contributed by atoms with E-state index in [4.69, 9.17) is 4.84 Å². The Bertz CT molecular complexity index is 541. The lowest BCUT2D eigenvalue weighted by Gasteiger charge is -2.10. The van der Waals surface area contributed by atoms with Crippen molar-refractivity contribution in [1.82, 2.24) is 5.48 Å². The molecule has 0 aromatic heterocycles. The van der Waals surface area contributed by atoms with Crippen LogP contribution in [0.5, 0.6) is 5.75 Å². The number of hydrogen-bond acceptors (Lipinski definition) is 3. The van der Waals surface area contributed by atoms with Crippen LogP contribution >= 0.6 is 0 Å². The summed E-state index contributed by atoms with van der Waals surface area (Å²) in [4.78, 5) is 5.27. The van der Waals surface area contributed by atoms with Crippen molar-refractivity contribution in [3.8, 4) is 5.75 Å². The molecule has 0 fully saturated rings. The second-order valence-corrected chi connectivity index (χ2v) is 4.29. The molecule has 0 heterocycles. The minimum Gasteiger partial charge on any atom is -0.406 e. The monoisotopic (exact) mass is 297 g/mol. The first kappa shape index (κ1) is 15.3. The fraction of sp³-hybridized carbons (Fsp3) is 0.200. The molecule has 0 unspecified atom stereocenters. The zero-order chi connectivity index (χ0) is 15.1. The van der Waals surface area contributed by atoms with Crippen LogP contribution in [0.25, 0.3) is 0 Å². The van der Waals surface area contributed by atoms with E-state index in [1.165, 1.54) is 12.1 Å². The highest BCUT2D eigenvalue weighted by Crippen LogP contribution is 2.22. The maximum absolute atomic E-state index is 12.0. The number of rotatable bonds is 6. The number of halogens is 3. The molecule has 1 N–H and O–H groups in total. The molecular formula is C15H14F3NO2. The average molecular weight is 297 g/mol. The molecule has 112 valence electrons. The molecule has 6 heteroatoms. The Morgan fingerprint density at radius 2 is 1.52 bits per heavy atom. The van der Waals surface area contributed by atoms with Gasteiger partial charge >= 0.3 is 6.36 Å². The summed E-state index contributed by atoms with van der Waals surface area (Å²) in [5.74, 6) is -0.239. The highest BCUT2D eigenvalue weighted by molar-refractivity contribution is 5.27. The molecule has 0 atom stereocenters. The first-order valence-corrected chi connectivity index (χ1v) is 6.26. The Labute approximate surface area is 120 Å². The zero-order valence-corrected chi connectivity index (χ0v) is 11.1. The van der Waals surface area contributed by atoms with Gasteiger partial charge in [-0.25, -0.2) is 0 Å². The summed E-state index contributed by atoms with van der Waals surface area (Å²) in [6, 6.07) is 15.2. The molecule has 0 aliphatic heterocycles. The minimum atomic E-state index is -4.67. The molecule has 21 heavy (non-hydrogen) atoms. The van der Waals surface area contributed by atoms with Gasteiger partial charge in [0.2, 0.25) is 0 Å². The molecule has 0 radical (unpaired) electrons. The second-order valence-electron chi connectivity index (χ2n) is 4.29. The minimum absolute atomic E-state index is 0.239. The van der Waals surface area contributed by atoms with Gasteiger partial charge in [-0.05, 0) is 23.3 Å². The van der Waals surface area contributed by atoms with Crippen LogP contribution in [-0.2, 0) is 18.0 Å². The fourth-order valence-electron chi connectivity index (χ4n) is 1.65. The quantitative estimate of drug-likeness (QED) is 0.649. The van der Waals surface area contributed by atoms with E-state index in [0.717, 1.165) is 11.1 Å². The summed E-state index contributed by atoms with van der Waals surface area (Å²) in [7, 11) is 0. The Morgan fingerprint density at radius 3 is 2.14 bits per heavy atom. The van der Waals surface area contributed by atoms with E-state index in [9.17, 15) is 13.2 Å². The van der Waals surface area contributed by atoms with Crippen molar-refractivity contribution in [2.75, 3.05) is 0 Å². The molecule has 2 aromatic rings. The molecule has 0 aliphatic carbocycles. The molecule has 0 aliphatic rings. The zero-order valence-electron chi connectivity index (χ0n) is 11.1. The van der Waals surface area contributed by atoms with Crippen molar-refractivity contribution in [1.29, 1.82) is 0 Å². The van der Waals surface area contributed by atoms with E-state index < -0.39 is 6.36 Å². The standard InChI is InChI=1S/C15H14F3NO2/c16-15(17,18)21-14-8-6-12(7-9-14)10-19-20-11-13-4-2-1-3-5-13/h1-9,19H,10-11H2. The lowest BCUT2D eigenvalue weighted by atomic mass is 10.2. The van der Waals surface area contributed by atoms with Gasteiger partial charge in [-0.1, -0.05) is 42.5 Å². The van der Waals surface area contributed by atoms with Crippen LogP contribution in [0.2, 0.25) is 0 Å². The smallest absolute Gasteiger partial charge is 0.406 e. The van der Waals surface area contributed by atoms with Gasteiger partial charge in [-0.15, -0.1) is 13.2 Å². The van der Waals surface area contributed by atoms with Gasteiger partial charge in [0.1, 0.15) is 5.75 Å². The van der Waals surface area contributed by atoms with E-state index in [2.05, 4.69) is 10.2 Å². The Kier molecular flexibility index (Phi) is 5.19. The molecule has 0 saturated carbocycles. The van der Waals surface area contributed by atoms with Crippen molar-refractivity contribution in [3.63, 3.8) is 0 Å². The van der Waals surface area contributed by atoms with Crippen LogP contribution in [0.3, 0.4) is 0 Å². The van der Waals surface area contributed by atoms with Gasteiger partial charge in [0.15, 0.2) is 0 Å². The third-order valence-corrected chi connectivity index (χ3v) is 2.62. The summed E-state index contributed by atoms with van der Waals surface area (Å²) in [6.45, 7) is 0.801. The van der Waals surface area contributed by atoms with Crippen molar-refractivity contribution >= 4 is 0 Å². The van der Waals surface area contributed by atoms with Crippen LogP contribution in [0.4, 0.5) is 13.2 Å². The topological polar surface area (TPSA) is 30.5 Å². The molecule has 0 bridgehead atoms. The summed E-state index contributed by atoms with van der Waals surface area (Å²) in [6.07, 6.45) is -4.67. The molecule has 2 aromatic carbocycles. The maximum atomic E-state index is 12.0. The molecule has 0 amide bonds. The number of nitrogens with one attached hydrogen (secondary N) is 1. The van der Waals surface area contributed by atoms with Gasteiger partial charge in [0.25, 0.3) is 0 Å². The SMILES string of the molecule is FC(F)(F)Oc1ccc(CNOCc2ccccc2)cc1. The molecule has 0 spiro atoms. The predicted octanol–water partition coefficient (Wildman–Crippen LogP) is 3.81. The summed E-state index contributed by atoms with van der Waals surface area (Å²) in [5.41, 5.74) is 4.57. The van der Waals surface area contributed by atoms with Gasteiger partial charge in [-0.2, -0.15) is 5.48 Å². The van der Waals surface area contributed by atoms with Gasteiger partial charge in [-0.3, -0.25) is 4.84 Å². The Hall–Kier alpha value is -2.05. The van der Waals surface area contributed by atoms with E-state index >= 15 is 0 Å². The third-order valence-electron chi connectivity index (χ3n) is 2.62. The van der Waals surface area contributed by atoms with Crippen molar-refractivity contribution in [2.24, 2.45) is 0 Å². The highest BCUT2D eigenvalue weighted by Gasteiger charge is 2.30. The number of benzene rings is 2. The molecule has 0 saturated heterocycles. The van der Waals surface area contributed by atoms with E-state index in [0.29, 0.717) is 13.2 Å². The first-order valence-electron chi connectivity index (χ1n) is 6.26. The second kappa shape index (κ2) is 7.10. The first-order chi connectivity index (χ1) is 10.0. The van der Waals surface area contributed by atoms with Crippen LogP contribution in [-0.4, -0.2) is 6.36 Å². The van der Waals surface area contributed by atoms with Crippen LogP contribution < -0.4 is 10.2 Å². The van der Waals surface area contributed by atoms with Gasteiger partial charge < -0.3 is 4.74 Å². The molecule has 2 rings (SSSR count). The lowest BCUT2D eigenvalue weighted by Crippen LogP contribution is -2.17. The van der Waals surface area contributed by atoms with Crippen molar-refractivity contribution in [2.45, 2.75) is 19.5 Å². The van der Waals surface area contributed by atoms with Crippen molar-refractivity contribution < 1.29 is 22.7 Å². The average Bonchev–Trinajstić information content (AvgIpc) is 2.45. The predicted molar refractivity (Wildman–Crippen MR) is 71.2 cm³/mol. The van der Waals surface area contributed by atoms with Crippen LogP contribution in [0.1, 0.15) is 11.1 Å². The number of hydrogen-bond donors (Lipinski definition) is 1. The van der Waals surface area contributed by atoms with E-state index in [1.54, 1.807) is 12.1 Å². The van der Waals surface area contributed by atoms with Gasteiger partial charge in [0.05, 0.1) is 6.61 Å². The number of ether oxygens (including phenoxy) is 1. The van der Waals surface area contributed by atoms with E-state index in [-0.39, 0.29) is 5.75 Å². The van der Waals surface area contributed by atoms with Gasteiger partial charge in [0, 0.05) is 6.54 Å². The normalized spacial score (nSPS) is 11.4. The van der Waals surface area contributed by atoms with Crippen molar-refractivity contribution in [3.05, 3.63) is 65.7 Å². The van der Waals surface area contributed by atoms with E-state index in [1.807, 2.05) is 30.3 Å². The molecular weight excluding hydrogens is 283 g/mol. The maximum Gasteiger partial charge on any atom is 0.573 e. The Balaban J connectivity index is 1.74. The summed E-state index contributed by atoms with van der Waals surface area (Å²) in [5, 5.41) is 0. The lowest BCUT2D eigenvalue weighted by molar-refractivity contribution is -0.274. The largest absolute Gasteiger partial charge is 0.573 e. The third kappa shape index (κ3) is 5.85. The Morgan fingerprint density at radius 1 is 0.857 bits per heavy atom. The number of alkyl halides is 3. The summed E-state index contributed by atoms with van der Waals surface area (Å²) >= 11 is 0.